The number of hydrogen-bond acceptors (Lipinski definition) is 2. The number of nitrogens with two attached hydrogens (primary N) is 1. The van der Waals surface area contributed by atoms with Gasteiger partial charge in [0.2, 0.25) is 0 Å². The first kappa shape index (κ1) is 11.5. The fourth-order valence-electron chi connectivity index (χ4n) is 5.52. The molecular weight excluding hydrogens is 210 g/mol. The van der Waals surface area contributed by atoms with Crippen LogP contribution in [0, 0.1) is 22.7 Å². The number of hydrazine groups is 1. The molecule has 2 atom stereocenters. The van der Waals surface area contributed by atoms with Crippen molar-refractivity contribution >= 4 is 5.84 Å². The Labute approximate surface area is 104 Å². The summed E-state index contributed by atoms with van der Waals surface area (Å²) in [6.45, 7) is 5.42. The number of amidine groups is 1. The molecule has 0 aromatic carbocycles. The maximum absolute atomic E-state index is 5.74. The zero-order chi connectivity index (χ0) is 12.1. The van der Waals surface area contributed by atoms with Gasteiger partial charge in [0, 0.05) is 12.0 Å². The van der Waals surface area contributed by atoms with Gasteiger partial charge in [-0.3, -0.25) is 4.99 Å². The van der Waals surface area contributed by atoms with Crippen LogP contribution in [0.5, 0.6) is 0 Å². The molecule has 96 valence electrons. The SMILES string of the molecule is CCN=C(NN)C12CC3CC(CC(C)(C3)C1)C2. The van der Waals surface area contributed by atoms with Crippen LogP contribution in [-0.4, -0.2) is 12.4 Å². The normalized spacial score (nSPS) is 48.5. The second-order valence-corrected chi connectivity index (χ2v) is 7.02. The first-order chi connectivity index (χ1) is 8.09. The van der Waals surface area contributed by atoms with E-state index in [2.05, 4.69) is 24.3 Å². The lowest BCUT2D eigenvalue weighted by Crippen LogP contribution is -2.57. The Morgan fingerprint density at radius 3 is 2.41 bits per heavy atom. The molecule has 0 spiro atoms. The third-order valence-electron chi connectivity index (χ3n) is 5.31. The van der Waals surface area contributed by atoms with Gasteiger partial charge in [-0.2, -0.15) is 0 Å². The number of rotatable bonds is 2. The molecule has 3 nitrogen and oxygen atoms in total. The summed E-state index contributed by atoms with van der Waals surface area (Å²) in [6.07, 6.45) is 8.28. The highest BCUT2D eigenvalue weighted by molar-refractivity contribution is 5.88. The average Bonchev–Trinajstić information content (AvgIpc) is 2.22. The van der Waals surface area contributed by atoms with Crippen LogP contribution in [0.4, 0.5) is 0 Å². The van der Waals surface area contributed by atoms with E-state index in [0.29, 0.717) is 10.8 Å². The fraction of sp³-hybridized carbons (Fsp3) is 0.929. The molecule has 0 amide bonds. The van der Waals surface area contributed by atoms with E-state index in [1.807, 2.05) is 0 Å². The molecule has 4 bridgehead atoms. The third kappa shape index (κ3) is 1.70. The topological polar surface area (TPSA) is 50.4 Å². The average molecular weight is 235 g/mol. The van der Waals surface area contributed by atoms with E-state index in [0.717, 1.165) is 24.2 Å². The molecular formula is C14H25N3. The molecule has 17 heavy (non-hydrogen) atoms. The summed E-state index contributed by atoms with van der Waals surface area (Å²) < 4.78 is 0. The van der Waals surface area contributed by atoms with Crippen molar-refractivity contribution in [1.82, 2.24) is 5.43 Å². The predicted octanol–water partition coefficient (Wildman–Crippen LogP) is 2.47. The summed E-state index contributed by atoms with van der Waals surface area (Å²) in [6, 6.07) is 0. The summed E-state index contributed by atoms with van der Waals surface area (Å²) >= 11 is 0. The van der Waals surface area contributed by atoms with E-state index < -0.39 is 0 Å². The van der Waals surface area contributed by atoms with Crippen molar-refractivity contribution in [3.63, 3.8) is 0 Å². The van der Waals surface area contributed by atoms with E-state index in [1.165, 1.54) is 38.5 Å². The number of aliphatic imine (C=N–C) groups is 1. The van der Waals surface area contributed by atoms with Gasteiger partial charge in [0.15, 0.2) is 0 Å². The standard InChI is InChI=1S/C14H25N3/c1-3-16-12(17-15)14-7-10-4-11(8-14)6-13(2,5-10)9-14/h10-11H,3-9,15H2,1-2H3,(H,16,17). The fourth-order valence-corrected chi connectivity index (χ4v) is 5.52. The molecule has 0 saturated heterocycles. The van der Waals surface area contributed by atoms with Crippen LogP contribution in [0.15, 0.2) is 4.99 Å². The monoisotopic (exact) mass is 235 g/mol. The van der Waals surface area contributed by atoms with Crippen LogP contribution in [-0.2, 0) is 0 Å². The molecule has 4 rings (SSSR count). The Balaban J connectivity index is 1.95. The van der Waals surface area contributed by atoms with Gasteiger partial charge in [-0.05, 0) is 62.7 Å². The van der Waals surface area contributed by atoms with Crippen molar-refractivity contribution in [3.05, 3.63) is 0 Å². The first-order valence-corrected chi connectivity index (χ1v) is 7.11. The number of hydrogen-bond donors (Lipinski definition) is 2. The second-order valence-electron chi connectivity index (χ2n) is 7.02. The molecule has 0 heterocycles. The van der Waals surface area contributed by atoms with Gasteiger partial charge >= 0.3 is 0 Å². The minimum Gasteiger partial charge on any atom is -0.312 e. The van der Waals surface area contributed by atoms with Crippen LogP contribution in [0.3, 0.4) is 0 Å². The van der Waals surface area contributed by atoms with Crippen molar-refractivity contribution in [1.29, 1.82) is 0 Å². The van der Waals surface area contributed by atoms with Crippen molar-refractivity contribution in [2.24, 2.45) is 33.5 Å². The molecule has 4 aliphatic carbocycles. The third-order valence-corrected chi connectivity index (χ3v) is 5.31. The molecule has 2 unspecified atom stereocenters. The van der Waals surface area contributed by atoms with Gasteiger partial charge < -0.3 is 5.43 Å². The zero-order valence-electron chi connectivity index (χ0n) is 11.1. The Hall–Kier alpha value is -0.570. The smallest absolute Gasteiger partial charge is 0.117 e. The van der Waals surface area contributed by atoms with Crippen LogP contribution in [0.25, 0.3) is 0 Å². The van der Waals surface area contributed by atoms with Crippen LogP contribution >= 0.6 is 0 Å². The maximum atomic E-state index is 5.74. The lowest BCUT2D eigenvalue weighted by atomic mass is 9.44. The summed E-state index contributed by atoms with van der Waals surface area (Å²) in [4.78, 5) is 4.64. The lowest BCUT2D eigenvalue weighted by Gasteiger charge is -2.61. The second kappa shape index (κ2) is 3.71. The lowest BCUT2D eigenvalue weighted by molar-refractivity contribution is -0.0694. The molecule has 4 saturated carbocycles. The van der Waals surface area contributed by atoms with E-state index in [-0.39, 0.29) is 0 Å². The van der Waals surface area contributed by atoms with Gasteiger partial charge in [-0.15, -0.1) is 0 Å². The van der Waals surface area contributed by atoms with Crippen molar-refractivity contribution in [2.75, 3.05) is 6.54 Å². The molecule has 0 radical (unpaired) electrons. The maximum Gasteiger partial charge on any atom is 0.117 e. The van der Waals surface area contributed by atoms with E-state index in [1.54, 1.807) is 0 Å². The highest BCUT2D eigenvalue weighted by Crippen LogP contribution is 2.65. The Bertz CT molecular complexity index is 333. The molecule has 0 aliphatic heterocycles. The summed E-state index contributed by atoms with van der Waals surface area (Å²) in [5, 5.41) is 0. The highest BCUT2D eigenvalue weighted by Gasteiger charge is 2.57. The molecule has 0 aromatic heterocycles. The summed E-state index contributed by atoms with van der Waals surface area (Å²) in [5.74, 6) is 8.70. The summed E-state index contributed by atoms with van der Waals surface area (Å²) in [5.41, 5.74) is 3.79. The molecule has 3 N–H and O–H groups in total. The van der Waals surface area contributed by atoms with E-state index in [4.69, 9.17) is 5.84 Å². The Kier molecular flexibility index (Phi) is 2.51. The molecule has 4 aliphatic rings. The van der Waals surface area contributed by atoms with Gasteiger partial charge in [-0.1, -0.05) is 6.92 Å². The number of nitrogens with one attached hydrogen (secondary N) is 1. The Morgan fingerprint density at radius 2 is 1.94 bits per heavy atom. The van der Waals surface area contributed by atoms with E-state index in [9.17, 15) is 0 Å². The van der Waals surface area contributed by atoms with Crippen LogP contribution in [0.1, 0.15) is 52.4 Å². The van der Waals surface area contributed by atoms with Crippen molar-refractivity contribution in [2.45, 2.75) is 52.4 Å². The Morgan fingerprint density at radius 1 is 1.29 bits per heavy atom. The van der Waals surface area contributed by atoms with Gasteiger partial charge in [-0.25, -0.2) is 5.84 Å². The minimum absolute atomic E-state index is 0.295. The predicted molar refractivity (Wildman–Crippen MR) is 70.5 cm³/mol. The van der Waals surface area contributed by atoms with E-state index >= 15 is 0 Å². The zero-order valence-corrected chi connectivity index (χ0v) is 11.1. The number of nitrogens with zero attached hydrogens (tertiary/aromatic N) is 1. The first-order valence-electron chi connectivity index (χ1n) is 7.11. The van der Waals surface area contributed by atoms with Gasteiger partial charge in [0.05, 0.1) is 0 Å². The quantitative estimate of drug-likeness (QED) is 0.334. The highest BCUT2D eigenvalue weighted by atomic mass is 15.3. The van der Waals surface area contributed by atoms with Crippen molar-refractivity contribution < 1.29 is 0 Å². The van der Waals surface area contributed by atoms with Gasteiger partial charge in [0.1, 0.15) is 5.84 Å². The summed E-state index contributed by atoms with van der Waals surface area (Å²) in [7, 11) is 0. The van der Waals surface area contributed by atoms with Crippen LogP contribution < -0.4 is 11.3 Å². The minimum atomic E-state index is 0.295. The molecule has 3 heteroatoms. The largest absolute Gasteiger partial charge is 0.312 e. The van der Waals surface area contributed by atoms with Crippen LogP contribution in [0.2, 0.25) is 0 Å². The van der Waals surface area contributed by atoms with Crippen molar-refractivity contribution in [3.8, 4) is 0 Å². The van der Waals surface area contributed by atoms with Gasteiger partial charge in [0.25, 0.3) is 0 Å². The molecule has 0 aromatic rings. The molecule has 4 fully saturated rings.